The number of ether oxygens (including phenoxy) is 1. The van der Waals surface area contributed by atoms with Crippen LogP contribution in [-0.4, -0.2) is 22.7 Å². The van der Waals surface area contributed by atoms with Gasteiger partial charge < -0.3 is 4.74 Å². The number of aryl methyl sites for hydroxylation is 1. The predicted molar refractivity (Wildman–Crippen MR) is 104 cm³/mol. The molecular weight excluding hydrogens is 338 g/mol. The smallest absolute Gasteiger partial charge is 0.185 e. The van der Waals surface area contributed by atoms with Crippen molar-refractivity contribution in [3.63, 3.8) is 0 Å². The zero-order valence-corrected chi connectivity index (χ0v) is 15.0. The summed E-state index contributed by atoms with van der Waals surface area (Å²) in [6.45, 7) is 0.511. The lowest BCUT2D eigenvalue weighted by Crippen LogP contribution is -1.97. The van der Waals surface area contributed by atoms with Gasteiger partial charge in [0.15, 0.2) is 5.78 Å². The van der Waals surface area contributed by atoms with Gasteiger partial charge in [-0.1, -0.05) is 30.3 Å². The fourth-order valence-electron chi connectivity index (χ4n) is 2.68. The largest absolute Gasteiger partial charge is 0.497 e. The average Bonchev–Trinajstić information content (AvgIpc) is 3.14. The van der Waals surface area contributed by atoms with E-state index in [-0.39, 0.29) is 5.78 Å². The Bertz CT molecular complexity index is 981. The molecule has 0 amide bonds. The molecule has 0 fully saturated rings. The first-order chi connectivity index (χ1) is 13.2. The summed E-state index contributed by atoms with van der Waals surface area (Å²) in [4.78, 5) is 12.4. The zero-order chi connectivity index (χ0) is 19.1. The molecule has 3 aromatic rings. The minimum absolute atomic E-state index is 0.0959. The van der Waals surface area contributed by atoms with Gasteiger partial charge >= 0.3 is 0 Å². The number of nitriles is 1. The van der Waals surface area contributed by atoms with Crippen molar-refractivity contribution in [2.75, 3.05) is 7.11 Å². The number of nitrogens with zero attached hydrogens (tertiary/aromatic N) is 3. The maximum Gasteiger partial charge on any atom is 0.185 e. The summed E-state index contributed by atoms with van der Waals surface area (Å²) < 4.78 is 6.85. The Morgan fingerprint density at radius 3 is 2.59 bits per heavy atom. The van der Waals surface area contributed by atoms with Crippen molar-refractivity contribution < 1.29 is 9.53 Å². The Kier molecular flexibility index (Phi) is 5.80. The Morgan fingerprint density at radius 1 is 1.19 bits per heavy atom. The molecule has 2 aromatic carbocycles. The number of hydrogen-bond acceptors (Lipinski definition) is 4. The molecule has 0 aliphatic rings. The van der Waals surface area contributed by atoms with Crippen LogP contribution in [0.5, 0.6) is 5.75 Å². The van der Waals surface area contributed by atoms with Crippen LogP contribution in [0.1, 0.15) is 22.3 Å². The fourth-order valence-corrected chi connectivity index (χ4v) is 2.68. The van der Waals surface area contributed by atoms with Gasteiger partial charge in [0.05, 0.1) is 31.8 Å². The second-order valence-electron chi connectivity index (χ2n) is 5.90. The highest BCUT2D eigenvalue weighted by atomic mass is 16.5. The van der Waals surface area contributed by atoms with Crippen molar-refractivity contribution in [2.45, 2.75) is 13.0 Å². The third-order valence-electron chi connectivity index (χ3n) is 4.08. The van der Waals surface area contributed by atoms with Crippen LogP contribution in [0, 0.1) is 11.3 Å². The van der Waals surface area contributed by atoms with Crippen molar-refractivity contribution in [2.24, 2.45) is 0 Å². The first kappa shape index (κ1) is 18.2. The maximum atomic E-state index is 12.4. The molecule has 5 heteroatoms. The van der Waals surface area contributed by atoms with E-state index < -0.39 is 0 Å². The third kappa shape index (κ3) is 4.50. The van der Waals surface area contributed by atoms with Crippen LogP contribution in [0.25, 0.3) is 17.3 Å². The van der Waals surface area contributed by atoms with Crippen molar-refractivity contribution >= 4 is 11.9 Å². The minimum atomic E-state index is -0.0959. The molecule has 1 heterocycles. The second kappa shape index (κ2) is 8.63. The Hall–Kier alpha value is -3.65. The van der Waals surface area contributed by atoms with Crippen LogP contribution in [0.15, 0.2) is 66.9 Å². The standard InChI is InChI=1S/C22H19N3O2/c1-27-20-11-8-17(9-12-20)21(26)13-10-19-16-25(15-5-14-23)24-22(19)18-6-3-2-4-7-18/h2-4,6-13,16H,5,15H2,1H3/b13-10+. The SMILES string of the molecule is COc1ccc(C(=O)/C=C/c2cn(CCC#N)nc2-c2ccccc2)cc1. The van der Waals surface area contributed by atoms with Gasteiger partial charge in [0, 0.05) is 22.9 Å². The van der Waals surface area contributed by atoms with Gasteiger partial charge in [-0.2, -0.15) is 10.4 Å². The molecule has 0 saturated carbocycles. The van der Waals surface area contributed by atoms with Crippen molar-refractivity contribution in [3.05, 3.63) is 78.0 Å². The van der Waals surface area contributed by atoms with E-state index in [1.165, 1.54) is 0 Å². The van der Waals surface area contributed by atoms with Gasteiger partial charge in [0.25, 0.3) is 0 Å². The number of rotatable bonds is 7. The van der Waals surface area contributed by atoms with Crippen molar-refractivity contribution in [3.8, 4) is 23.1 Å². The molecular formula is C22H19N3O2. The first-order valence-corrected chi connectivity index (χ1v) is 8.57. The monoisotopic (exact) mass is 357 g/mol. The van der Waals surface area contributed by atoms with Crippen LogP contribution in [0.2, 0.25) is 0 Å². The van der Waals surface area contributed by atoms with Crippen LogP contribution in [0.4, 0.5) is 0 Å². The van der Waals surface area contributed by atoms with Crippen molar-refractivity contribution in [1.29, 1.82) is 5.26 Å². The second-order valence-corrected chi connectivity index (χ2v) is 5.90. The third-order valence-corrected chi connectivity index (χ3v) is 4.08. The molecule has 0 bridgehead atoms. The number of aromatic nitrogens is 2. The van der Waals surface area contributed by atoms with Gasteiger partial charge in [-0.05, 0) is 36.4 Å². The summed E-state index contributed by atoms with van der Waals surface area (Å²) in [5.74, 6) is 0.613. The normalized spacial score (nSPS) is 10.7. The number of carbonyl (C=O) groups excluding carboxylic acids is 1. The van der Waals surface area contributed by atoms with E-state index in [1.54, 1.807) is 48.2 Å². The van der Waals surface area contributed by atoms with Gasteiger partial charge in [-0.25, -0.2) is 0 Å². The van der Waals surface area contributed by atoms with E-state index in [0.717, 1.165) is 16.8 Å². The van der Waals surface area contributed by atoms with Crippen LogP contribution >= 0.6 is 0 Å². The Morgan fingerprint density at radius 2 is 1.93 bits per heavy atom. The van der Waals surface area contributed by atoms with Crippen LogP contribution in [0.3, 0.4) is 0 Å². The van der Waals surface area contributed by atoms with Crippen LogP contribution < -0.4 is 4.74 Å². The van der Waals surface area contributed by atoms with E-state index >= 15 is 0 Å². The summed E-state index contributed by atoms with van der Waals surface area (Å²) in [7, 11) is 1.59. The highest BCUT2D eigenvalue weighted by molar-refractivity contribution is 6.07. The number of benzene rings is 2. The maximum absolute atomic E-state index is 12.4. The molecule has 1 aromatic heterocycles. The minimum Gasteiger partial charge on any atom is -0.497 e. The first-order valence-electron chi connectivity index (χ1n) is 8.57. The molecule has 0 aliphatic carbocycles. The fraction of sp³-hybridized carbons (Fsp3) is 0.136. The Labute approximate surface area is 158 Å². The highest BCUT2D eigenvalue weighted by Crippen LogP contribution is 2.23. The van der Waals surface area contributed by atoms with Gasteiger partial charge in [0.2, 0.25) is 0 Å². The molecule has 0 spiro atoms. The molecule has 0 saturated heterocycles. The van der Waals surface area contributed by atoms with Gasteiger partial charge in [-0.15, -0.1) is 0 Å². The van der Waals surface area contributed by atoms with E-state index in [9.17, 15) is 4.79 Å². The molecule has 0 atom stereocenters. The predicted octanol–water partition coefficient (Wildman–Crippen LogP) is 4.37. The Balaban J connectivity index is 1.87. The van der Waals surface area contributed by atoms with Gasteiger partial charge in [0.1, 0.15) is 5.75 Å². The molecule has 0 N–H and O–H groups in total. The molecule has 0 aliphatic heterocycles. The summed E-state index contributed by atoms with van der Waals surface area (Å²) in [6, 6.07) is 18.9. The van der Waals surface area contributed by atoms with Gasteiger partial charge in [-0.3, -0.25) is 9.48 Å². The zero-order valence-electron chi connectivity index (χ0n) is 15.0. The highest BCUT2D eigenvalue weighted by Gasteiger charge is 2.10. The summed E-state index contributed by atoms with van der Waals surface area (Å²) in [6.07, 6.45) is 5.55. The topological polar surface area (TPSA) is 67.9 Å². The molecule has 3 rings (SSSR count). The molecule has 5 nitrogen and oxygen atoms in total. The lowest BCUT2D eigenvalue weighted by Gasteiger charge is -2.00. The van der Waals surface area contributed by atoms with Crippen LogP contribution in [-0.2, 0) is 6.54 Å². The van der Waals surface area contributed by atoms with E-state index in [1.807, 2.05) is 36.5 Å². The summed E-state index contributed by atoms with van der Waals surface area (Å²) in [5.41, 5.74) is 3.17. The summed E-state index contributed by atoms with van der Waals surface area (Å²) >= 11 is 0. The molecule has 27 heavy (non-hydrogen) atoms. The number of ketones is 1. The number of carbonyl (C=O) groups is 1. The van der Waals surface area contributed by atoms with E-state index in [2.05, 4.69) is 11.2 Å². The number of methoxy groups -OCH3 is 1. The molecule has 134 valence electrons. The quantitative estimate of drug-likeness (QED) is 0.465. The van der Waals surface area contributed by atoms with Crippen molar-refractivity contribution in [1.82, 2.24) is 9.78 Å². The number of hydrogen-bond donors (Lipinski definition) is 0. The van der Waals surface area contributed by atoms with E-state index in [0.29, 0.717) is 24.3 Å². The lowest BCUT2D eigenvalue weighted by molar-refractivity contribution is 0.104. The molecule has 0 radical (unpaired) electrons. The lowest BCUT2D eigenvalue weighted by atomic mass is 10.1. The van der Waals surface area contributed by atoms with E-state index in [4.69, 9.17) is 10.00 Å². The summed E-state index contributed by atoms with van der Waals surface area (Å²) in [5, 5.41) is 13.4. The molecule has 0 unspecified atom stereocenters. The average molecular weight is 357 g/mol. The number of allylic oxidation sites excluding steroid dienone is 1.